The second kappa shape index (κ2) is 16.5. The number of para-hydroxylation sites is 1. The molecule has 0 N–H and O–H groups in total. The van der Waals surface area contributed by atoms with Gasteiger partial charge in [-0.05, 0) is 114 Å². The van der Waals surface area contributed by atoms with E-state index in [4.69, 9.17) is 4.98 Å². The van der Waals surface area contributed by atoms with E-state index in [2.05, 4.69) is 263 Å². The van der Waals surface area contributed by atoms with Gasteiger partial charge in [0.25, 0.3) is 6.71 Å². The molecule has 1 aromatic heterocycles. The molecule has 0 bridgehead atoms. The predicted molar refractivity (Wildman–Crippen MR) is 305 cm³/mol. The van der Waals surface area contributed by atoms with Gasteiger partial charge in [0.15, 0.2) is 0 Å². The normalized spacial score (nSPS) is 13.6. The van der Waals surface area contributed by atoms with Crippen LogP contribution >= 0.6 is 11.3 Å². The molecule has 8 aromatic carbocycles. The van der Waals surface area contributed by atoms with Gasteiger partial charge in [0.05, 0.1) is 15.9 Å². The first-order valence-corrected chi connectivity index (χ1v) is 25.9. The summed E-state index contributed by atoms with van der Waals surface area (Å²) in [6, 6.07) is 64.5. The zero-order chi connectivity index (χ0) is 49.1. The van der Waals surface area contributed by atoms with Gasteiger partial charge in [-0.1, -0.05) is 210 Å². The van der Waals surface area contributed by atoms with Crippen molar-refractivity contribution < 1.29 is 0 Å². The van der Waals surface area contributed by atoms with Crippen LogP contribution in [0.1, 0.15) is 105 Å². The highest BCUT2D eigenvalue weighted by atomic mass is 32.1. The number of benzene rings is 8. The third-order valence-corrected chi connectivity index (χ3v) is 15.8. The van der Waals surface area contributed by atoms with E-state index >= 15 is 0 Å². The molecule has 0 fully saturated rings. The quantitative estimate of drug-likeness (QED) is 0.160. The topological polar surface area (TPSA) is 19.4 Å². The van der Waals surface area contributed by atoms with E-state index in [1.54, 1.807) is 11.3 Å². The van der Waals surface area contributed by atoms with E-state index in [-0.39, 0.29) is 28.4 Å². The average Bonchev–Trinajstić information content (AvgIpc) is 3.75. The first kappa shape index (κ1) is 45.7. The van der Waals surface area contributed by atoms with Crippen molar-refractivity contribution in [1.29, 1.82) is 0 Å². The lowest BCUT2D eigenvalue weighted by Crippen LogP contribution is -2.61. The molecule has 2 aliphatic heterocycles. The Labute approximate surface area is 421 Å². The smallest absolute Gasteiger partial charge is 0.252 e. The molecule has 3 nitrogen and oxygen atoms in total. The number of thiazole rings is 1. The molecular weight excluding hydrogens is 866 g/mol. The molecule has 0 aliphatic carbocycles. The van der Waals surface area contributed by atoms with E-state index in [1.807, 2.05) is 0 Å². The van der Waals surface area contributed by atoms with Crippen LogP contribution in [-0.4, -0.2) is 11.7 Å². The van der Waals surface area contributed by atoms with Gasteiger partial charge in [0, 0.05) is 45.1 Å². The van der Waals surface area contributed by atoms with Crippen molar-refractivity contribution >= 4 is 78.8 Å². The van der Waals surface area contributed by atoms with E-state index in [9.17, 15) is 0 Å². The Kier molecular flexibility index (Phi) is 10.8. The minimum absolute atomic E-state index is 0.0277. The van der Waals surface area contributed by atoms with Crippen molar-refractivity contribution in [2.75, 3.05) is 9.80 Å². The molecule has 0 saturated carbocycles. The van der Waals surface area contributed by atoms with Crippen LogP contribution in [0.3, 0.4) is 0 Å². The van der Waals surface area contributed by atoms with Crippen molar-refractivity contribution in [3.8, 4) is 32.8 Å². The summed E-state index contributed by atoms with van der Waals surface area (Å²) in [5, 5.41) is 1.04. The maximum absolute atomic E-state index is 5.52. The summed E-state index contributed by atoms with van der Waals surface area (Å²) in [7, 11) is 0. The fraction of sp³-hybridized carbons (Fsp3) is 0.246. The zero-order valence-electron chi connectivity index (χ0n) is 43.0. The fourth-order valence-corrected chi connectivity index (χ4v) is 11.7. The number of fused-ring (bicyclic) bond motifs is 5. The van der Waals surface area contributed by atoms with Gasteiger partial charge in [-0.15, -0.1) is 11.3 Å². The number of aromatic nitrogens is 1. The van der Waals surface area contributed by atoms with Gasteiger partial charge in [0.2, 0.25) is 0 Å². The Morgan fingerprint density at radius 1 is 0.400 bits per heavy atom. The van der Waals surface area contributed by atoms with E-state index < -0.39 is 0 Å². The molecule has 0 unspecified atom stereocenters. The highest BCUT2D eigenvalue weighted by molar-refractivity contribution is 7.21. The summed E-state index contributed by atoms with van der Waals surface area (Å²) >= 11 is 1.80. The van der Waals surface area contributed by atoms with Crippen LogP contribution in [0.5, 0.6) is 0 Å². The Balaban J connectivity index is 1.28. The molecule has 70 heavy (non-hydrogen) atoms. The summed E-state index contributed by atoms with van der Waals surface area (Å²) in [6.07, 6.45) is 0. The molecule has 0 spiro atoms. The Morgan fingerprint density at radius 3 is 1.44 bits per heavy atom. The zero-order valence-corrected chi connectivity index (χ0v) is 43.8. The molecule has 0 amide bonds. The lowest BCUT2D eigenvalue weighted by molar-refractivity contribution is 0.589. The molecule has 9 aromatic rings. The Morgan fingerprint density at radius 2 is 0.900 bits per heavy atom. The number of nitrogens with zero attached hydrogens (tertiary/aromatic N) is 3. The molecular formula is C65H64BN3S. The lowest BCUT2D eigenvalue weighted by Gasteiger charge is -2.46. The number of hydrogen-bond donors (Lipinski definition) is 0. The molecule has 5 heteroatoms. The second-order valence-corrected chi connectivity index (χ2v) is 24.8. The maximum Gasteiger partial charge on any atom is 0.252 e. The van der Waals surface area contributed by atoms with E-state index in [1.165, 1.54) is 94.0 Å². The van der Waals surface area contributed by atoms with Gasteiger partial charge in [-0.25, -0.2) is 4.98 Å². The van der Waals surface area contributed by atoms with Crippen LogP contribution in [-0.2, 0) is 21.7 Å². The van der Waals surface area contributed by atoms with Crippen molar-refractivity contribution in [1.82, 2.24) is 4.98 Å². The summed E-state index contributed by atoms with van der Waals surface area (Å²) in [5.41, 5.74) is 23.1. The van der Waals surface area contributed by atoms with Gasteiger partial charge >= 0.3 is 0 Å². The van der Waals surface area contributed by atoms with Crippen molar-refractivity contribution in [3.63, 3.8) is 0 Å². The van der Waals surface area contributed by atoms with E-state index in [0.29, 0.717) is 0 Å². The van der Waals surface area contributed by atoms with Crippen LogP contribution in [0.4, 0.5) is 34.1 Å². The summed E-state index contributed by atoms with van der Waals surface area (Å²) in [6.45, 7) is 27.8. The van der Waals surface area contributed by atoms with E-state index in [0.717, 1.165) is 21.8 Å². The van der Waals surface area contributed by atoms with Crippen LogP contribution in [0.15, 0.2) is 170 Å². The van der Waals surface area contributed by atoms with Crippen LogP contribution in [0.2, 0.25) is 0 Å². The Hall–Kier alpha value is -6.69. The largest absolute Gasteiger partial charge is 0.311 e. The first-order valence-electron chi connectivity index (χ1n) is 25.1. The van der Waals surface area contributed by atoms with Crippen molar-refractivity contribution in [2.24, 2.45) is 0 Å². The monoisotopic (exact) mass is 929 g/mol. The number of hydrogen-bond acceptors (Lipinski definition) is 4. The second-order valence-electron chi connectivity index (χ2n) is 23.8. The summed E-state index contributed by atoms with van der Waals surface area (Å²) < 4.78 is 1.17. The minimum Gasteiger partial charge on any atom is -0.311 e. The highest BCUT2D eigenvalue weighted by Gasteiger charge is 2.46. The molecule has 0 atom stereocenters. The maximum atomic E-state index is 5.52. The van der Waals surface area contributed by atoms with Gasteiger partial charge in [0.1, 0.15) is 5.01 Å². The SMILES string of the molecule is CC(C)(C)c1ccc(-c2nc3cc4c(cc3s2)N(c2c(-c3ccccc3)cccc2-c2ccccc2)c2cc(C(C)(C)C)cc3c2B4c2cc(C(C)(C)C)ccc2N3c2ccc(C(C)(C)C)cc2)cc1. The molecule has 2 aliphatic rings. The van der Waals surface area contributed by atoms with Crippen molar-refractivity contribution in [2.45, 2.75) is 105 Å². The van der Waals surface area contributed by atoms with Gasteiger partial charge in [-0.2, -0.15) is 0 Å². The first-order chi connectivity index (χ1) is 33.2. The average molecular weight is 930 g/mol. The van der Waals surface area contributed by atoms with Crippen LogP contribution in [0.25, 0.3) is 43.0 Å². The number of anilines is 6. The molecule has 348 valence electrons. The molecule has 3 heterocycles. The Bertz CT molecular complexity index is 3390. The van der Waals surface area contributed by atoms with Crippen LogP contribution in [0, 0.1) is 0 Å². The standard InChI is InChI=1S/C65H64BN3S/c1-62(2,3)44-28-26-43(27-29-44)61-67-53-39-52-55(40-58(53)70-61)69(60-49(41-20-15-13-16-21-41)24-19-25-50(60)42-22-17-14-18-23-42)57-38-47(65(10,11)12)37-56-59(57)66(52)51-36-46(64(7,8)9)32-35-54(51)68(56)48-33-30-45(31-34-48)63(4,5)6/h13-40H,1-12H3. The summed E-state index contributed by atoms with van der Waals surface area (Å²) in [4.78, 5) is 10.7. The minimum atomic E-state index is -0.161. The third kappa shape index (κ3) is 7.87. The molecule has 0 radical (unpaired) electrons. The van der Waals surface area contributed by atoms with Crippen molar-refractivity contribution in [3.05, 3.63) is 192 Å². The molecule has 11 rings (SSSR count). The van der Waals surface area contributed by atoms with Gasteiger partial charge < -0.3 is 9.80 Å². The predicted octanol–water partition coefficient (Wildman–Crippen LogP) is 16.6. The lowest BCUT2D eigenvalue weighted by atomic mass is 9.33. The van der Waals surface area contributed by atoms with Gasteiger partial charge in [-0.3, -0.25) is 0 Å². The third-order valence-electron chi connectivity index (χ3n) is 14.7. The molecule has 0 saturated heterocycles. The number of rotatable bonds is 5. The fourth-order valence-electron chi connectivity index (χ4n) is 10.7. The highest BCUT2D eigenvalue weighted by Crippen LogP contribution is 2.52. The summed E-state index contributed by atoms with van der Waals surface area (Å²) in [5.74, 6) is 0. The van der Waals surface area contributed by atoms with Crippen LogP contribution < -0.4 is 26.2 Å².